The zero-order valence-corrected chi connectivity index (χ0v) is 19.4. The van der Waals surface area contributed by atoms with E-state index in [1.807, 2.05) is 0 Å². The molecule has 3 aromatic rings. The highest BCUT2D eigenvalue weighted by Crippen LogP contribution is 2.37. The first-order valence-corrected chi connectivity index (χ1v) is 12.0. The summed E-state index contributed by atoms with van der Waals surface area (Å²) in [6.45, 7) is 7.16. The molecule has 0 saturated heterocycles. The highest BCUT2D eigenvalue weighted by molar-refractivity contribution is 5.83. The van der Waals surface area contributed by atoms with E-state index < -0.39 is 0 Å². The molecule has 2 aliphatic rings. The zero-order valence-electron chi connectivity index (χ0n) is 19.4. The third-order valence-corrected chi connectivity index (χ3v) is 7.32. The number of fused-ring (bicyclic) bond motifs is 3. The number of rotatable bonds is 2. The molecule has 160 valence electrons. The fourth-order valence-electron chi connectivity index (χ4n) is 5.21. The van der Waals surface area contributed by atoms with Crippen molar-refractivity contribution in [1.29, 1.82) is 0 Å². The molecule has 0 bridgehead atoms. The van der Waals surface area contributed by atoms with Crippen LogP contribution in [-0.2, 0) is 0 Å². The lowest BCUT2D eigenvalue weighted by molar-refractivity contribution is 0.495. The van der Waals surface area contributed by atoms with Gasteiger partial charge in [-0.2, -0.15) is 0 Å². The van der Waals surface area contributed by atoms with Gasteiger partial charge in [0, 0.05) is 0 Å². The summed E-state index contributed by atoms with van der Waals surface area (Å²) in [7, 11) is 0. The first-order valence-electron chi connectivity index (χ1n) is 12.0. The Morgan fingerprint density at radius 2 is 1.38 bits per heavy atom. The standard InChI is InChI=1S/C32H32/c1-22-14-17-27(25-10-6-4-7-11-25)29-20-21-30-28(26-12-8-5-9-13-26)19-16-23(2)24(3)32(30)31(29)18-15-22/h4-14,17-24H,15-16H2,1-3H3. The van der Waals surface area contributed by atoms with E-state index in [4.69, 9.17) is 0 Å². The number of hydrogen-bond donors (Lipinski definition) is 0. The van der Waals surface area contributed by atoms with Crippen molar-refractivity contribution in [3.63, 3.8) is 0 Å². The molecule has 0 heterocycles. The fraction of sp³-hybridized carbons (Fsp3) is 0.250. The maximum atomic E-state index is 2.52. The smallest absolute Gasteiger partial charge is 0.0105 e. The molecule has 0 aromatic heterocycles. The fourth-order valence-corrected chi connectivity index (χ4v) is 5.21. The predicted molar refractivity (Wildman–Crippen MR) is 138 cm³/mol. The van der Waals surface area contributed by atoms with E-state index >= 15 is 0 Å². The maximum absolute atomic E-state index is 2.52. The molecular weight excluding hydrogens is 384 g/mol. The second kappa shape index (κ2) is 8.79. The van der Waals surface area contributed by atoms with Crippen LogP contribution < -0.4 is 10.4 Å². The molecule has 0 spiro atoms. The summed E-state index contributed by atoms with van der Waals surface area (Å²) >= 11 is 0. The monoisotopic (exact) mass is 416 g/mol. The SMILES string of the molecule is CC1C=CC(c2ccccc2)=c2ccc3c(c2=CC1)C(C)C(C)CC=C3c1ccccc1. The van der Waals surface area contributed by atoms with Crippen molar-refractivity contribution in [3.05, 3.63) is 124 Å². The summed E-state index contributed by atoms with van der Waals surface area (Å²) in [6.07, 6.45) is 11.9. The second-order valence-electron chi connectivity index (χ2n) is 9.53. The van der Waals surface area contributed by atoms with Gasteiger partial charge in [0.2, 0.25) is 0 Å². The molecule has 0 aliphatic heterocycles. The van der Waals surface area contributed by atoms with Crippen LogP contribution in [0.1, 0.15) is 61.8 Å². The topological polar surface area (TPSA) is 0 Å². The maximum Gasteiger partial charge on any atom is -0.0105 e. The van der Waals surface area contributed by atoms with E-state index in [0.717, 1.165) is 12.8 Å². The van der Waals surface area contributed by atoms with Gasteiger partial charge in [-0.25, -0.2) is 0 Å². The Bertz CT molecular complexity index is 1290. The van der Waals surface area contributed by atoms with Crippen molar-refractivity contribution in [1.82, 2.24) is 0 Å². The molecule has 32 heavy (non-hydrogen) atoms. The Morgan fingerprint density at radius 3 is 2.09 bits per heavy atom. The molecule has 0 amide bonds. The molecular formula is C32H32. The van der Waals surface area contributed by atoms with Crippen LogP contribution in [0.5, 0.6) is 0 Å². The lowest BCUT2D eigenvalue weighted by atomic mass is 9.82. The minimum absolute atomic E-state index is 0.504. The molecule has 0 fully saturated rings. The lowest BCUT2D eigenvalue weighted by Gasteiger charge is -2.22. The van der Waals surface area contributed by atoms with E-state index in [2.05, 4.69) is 118 Å². The average molecular weight is 417 g/mol. The first kappa shape index (κ1) is 20.8. The van der Waals surface area contributed by atoms with Gasteiger partial charge < -0.3 is 0 Å². The summed E-state index contributed by atoms with van der Waals surface area (Å²) < 4.78 is 0. The number of benzene rings is 3. The van der Waals surface area contributed by atoms with Crippen molar-refractivity contribution < 1.29 is 0 Å². The molecule has 3 atom stereocenters. The minimum Gasteiger partial charge on any atom is -0.0807 e. The molecule has 5 rings (SSSR count). The van der Waals surface area contributed by atoms with Crippen LogP contribution in [0.15, 0.2) is 91.0 Å². The quantitative estimate of drug-likeness (QED) is 0.429. The molecule has 2 aliphatic carbocycles. The van der Waals surface area contributed by atoms with Gasteiger partial charge in [0.25, 0.3) is 0 Å². The van der Waals surface area contributed by atoms with Gasteiger partial charge in [0.1, 0.15) is 0 Å². The van der Waals surface area contributed by atoms with Crippen LogP contribution >= 0.6 is 0 Å². The zero-order chi connectivity index (χ0) is 22.1. The highest BCUT2D eigenvalue weighted by Gasteiger charge is 2.25. The predicted octanol–water partition coefficient (Wildman–Crippen LogP) is 6.84. The van der Waals surface area contributed by atoms with Crippen molar-refractivity contribution in [3.8, 4) is 0 Å². The van der Waals surface area contributed by atoms with Gasteiger partial charge in [-0.05, 0) is 74.4 Å². The molecule has 0 radical (unpaired) electrons. The number of allylic oxidation sites excluding steroid dienone is 3. The van der Waals surface area contributed by atoms with Gasteiger partial charge in [0.05, 0.1) is 0 Å². The van der Waals surface area contributed by atoms with Crippen LogP contribution in [0.25, 0.3) is 17.2 Å². The Hall–Kier alpha value is -3.12. The van der Waals surface area contributed by atoms with Gasteiger partial charge in [0.15, 0.2) is 0 Å². The van der Waals surface area contributed by atoms with Crippen molar-refractivity contribution >= 4 is 17.2 Å². The molecule has 0 saturated carbocycles. The molecule has 0 heteroatoms. The van der Waals surface area contributed by atoms with E-state index in [-0.39, 0.29) is 0 Å². The first-order chi connectivity index (χ1) is 15.6. The highest BCUT2D eigenvalue weighted by atomic mass is 14.3. The lowest BCUT2D eigenvalue weighted by Crippen LogP contribution is -2.34. The van der Waals surface area contributed by atoms with E-state index in [9.17, 15) is 0 Å². The van der Waals surface area contributed by atoms with Crippen LogP contribution in [0.2, 0.25) is 0 Å². The molecule has 3 unspecified atom stereocenters. The van der Waals surface area contributed by atoms with Crippen LogP contribution in [0.4, 0.5) is 0 Å². The summed E-state index contributed by atoms with van der Waals surface area (Å²) in [5.41, 5.74) is 8.27. The molecule has 0 nitrogen and oxygen atoms in total. The third kappa shape index (κ3) is 3.79. The van der Waals surface area contributed by atoms with Gasteiger partial charge >= 0.3 is 0 Å². The van der Waals surface area contributed by atoms with E-state index in [1.54, 1.807) is 0 Å². The Kier molecular flexibility index (Phi) is 5.70. The van der Waals surface area contributed by atoms with Crippen LogP contribution in [-0.4, -0.2) is 0 Å². The van der Waals surface area contributed by atoms with Crippen molar-refractivity contribution in [2.45, 2.75) is 39.5 Å². The summed E-state index contributed by atoms with van der Waals surface area (Å²) in [6, 6.07) is 26.5. The third-order valence-electron chi connectivity index (χ3n) is 7.32. The summed E-state index contributed by atoms with van der Waals surface area (Å²) in [4.78, 5) is 0. The minimum atomic E-state index is 0.504. The Morgan fingerprint density at radius 1 is 0.688 bits per heavy atom. The van der Waals surface area contributed by atoms with Crippen molar-refractivity contribution in [2.75, 3.05) is 0 Å². The molecule has 0 N–H and O–H groups in total. The summed E-state index contributed by atoms with van der Waals surface area (Å²) in [5.74, 6) is 1.64. The summed E-state index contributed by atoms with van der Waals surface area (Å²) in [5, 5.41) is 2.81. The molecule has 3 aromatic carbocycles. The van der Waals surface area contributed by atoms with Gasteiger partial charge in [-0.1, -0.05) is 118 Å². The Balaban J connectivity index is 1.87. The number of hydrogen-bond acceptors (Lipinski definition) is 0. The van der Waals surface area contributed by atoms with Crippen LogP contribution in [0.3, 0.4) is 0 Å². The van der Waals surface area contributed by atoms with Gasteiger partial charge in [-0.15, -0.1) is 0 Å². The van der Waals surface area contributed by atoms with Crippen LogP contribution in [0, 0.1) is 11.8 Å². The van der Waals surface area contributed by atoms with Gasteiger partial charge in [-0.3, -0.25) is 0 Å². The normalized spacial score (nSPS) is 22.5. The van der Waals surface area contributed by atoms with E-state index in [1.165, 1.54) is 43.8 Å². The van der Waals surface area contributed by atoms with E-state index in [0.29, 0.717) is 17.8 Å². The van der Waals surface area contributed by atoms with Crippen molar-refractivity contribution in [2.24, 2.45) is 11.8 Å². The average Bonchev–Trinajstić information content (AvgIpc) is 2.95. The largest absolute Gasteiger partial charge is 0.0807 e. The second-order valence-corrected chi connectivity index (χ2v) is 9.53. The Labute approximate surface area is 192 Å².